The van der Waals surface area contributed by atoms with Crippen LogP contribution in [0.1, 0.15) is 112 Å². The summed E-state index contributed by atoms with van der Waals surface area (Å²) < 4.78 is 39.0. The van der Waals surface area contributed by atoms with E-state index in [1.807, 2.05) is 106 Å². The maximum absolute atomic E-state index is 14.7. The van der Waals surface area contributed by atoms with Gasteiger partial charge in [0, 0.05) is 56.8 Å². The highest BCUT2D eigenvalue weighted by Gasteiger charge is 2.53. The van der Waals surface area contributed by atoms with Gasteiger partial charge in [-0.05, 0) is 85.5 Å². The van der Waals surface area contributed by atoms with Crippen LogP contribution in [0, 0.1) is 36.5 Å². The molecule has 0 spiro atoms. The van der Waals surface area contributed by atoms with E-state index in [0.717, 1.165) is 11.1 Å². The Kier molecular flexibility index (Phi) is 18.0. The molecular weight excluding hydrogens is 785 g/mol. The Labute approximate surface area is 365 Å². The third-order valence-electron chi connectivity index (χ3n) is 14.6. The van der Waals surface area contributed by atoms with Crippen molar-refractivity contribution in [3.05, 3.63) is 35.4 Å². The number of aliphatic hydroxyl groups is 4. The van der Waals surface area contributed by atoms with Crippen LogP contribution >= 0.6 is 0 Å². The summed E-state index contributed by atoms with van der Waals surface area (Å²) in [4.78, 5) is 22.8. The number of nitrogens with zero attached hydrogens (tertiary/aromatic N) is 2. The number of ether oxygens (including phenoxy) is 6. The summed E-state index contributed by atoms with van der Waals surface area (Å²) in [6.07, 6.45) is -6.48. The zero-order valence-corrected chi connectivity index (χ0v) is 39.7. The van der Waals surface area contributed by atoms with Gasteiger partial charge in [-0.3, -0.25) is 4.79 Å². The first-order valence-electron chi connectivity index (χ1n) is 22.4. The van der Waals surface area contributed by atoms with Gasteiger partial charge in [0.05, 0.1) is 53.0 Å². The lowest BCUT2D eigenvalue weighted by molar-refractivity contribution is -0.318. The molecule has 18 atom stereocenters. The second-order valence-electron chi connectivity index (χ2n) is 19.4. The van der Waals surface area contributed by atoms with Gasteiger partial charge < -0.3 is 58.6 Å². The summed E-state index contributed by atoms with van der Waals surface area (Å²) >= 11 is 0. The fraction of sp³-hybridized carbons (Fsp3) is 0.830. The highest BCUT2D eigenvalue weighted by atomic mass is 16.7. The number of hydrogen-bond acceptors (Lipinski definition) is 14. The Bertz CT molecular complexity index is 1590. The van der Waals surface area contributed by atoms with Gasteiger partial charge in [0.15, 0.2) is 12.6 Å². The molecule has 1 aromatic carbocycles. The summed E-state index contributed by atoms with van der Waals surface area (Å²) in [5, 5.41) is 52.0. The number of carbonyl (C=O) groups is 1. The van der Waals surface area contributed by atoms with Crippen LogP contribution in [0.3, 0.4) is 0 Å². The van der Waals surface area contributed by atoms with Crippen molar-refractivity contribution in [1.29, 1.82) is 0 Å². The number of methoxy groups -OCH3 is 2. The van der Waals surface area contributed by atoms with Crippen LogP contribution in [0.5, 0.6) is 0 Å². The average molecular weight is 865 g/mol. The predicted octanol–water partition coefficient (Wildman–Crippen LogP) is 5.42. The Balaban J connectivity index is 1.90. The van der Waals surface area contributed by atoms with Gasteiger partial charge in [0.25, 0.3) is 0 Å². The van der Waals surface area contributed by atoms with Crippen LogP contribution in [0.2, 0.25) is 0 Å². The third kappa shape index (κ3) is 11.6. The Morgan fingerprint density at radius 1 is 0.885 bits per heavy atom. The summed E-state index contributed by atoms with van der Waals surface area (Å²) in [5.41, 5.74) is -1.35. The maximum Gasteiger partial charge on any atom is 0.185 e. The third-order valence-corrected chi connectivity index (χ3v) is 14.6. The van der Waals surface area contributed by atoms with E-state index in [-0.39, 0.29) is 43.8 Å². The lowest BCUT2D eigenvalue weighted by atomic mass is 9.69. The molecule has 4 N–H and O–H groups in total. The van der Waals surface area contributed by atoms with Crippen molar-refractivity contribution in [1.82, 2.24) is 4.90 Å². The number of aryl methyl sites for hydroxylation is 1. The van der Waals surface area contributed by atoms with E-state index in [1.165, 1.54) is 0 Å². The van der Waals surface area contributed by atoms with Crippen molar-refractivity contribution in [2.45, 2.75) is 193 Å². The molecule has 0 radical (unpaired) electrons. The summed E-state index contributed by atoms with van der Waals surface area (Å²) in [7, 11) is 6.97. The highest BCUT2D eigenvalue weighted by Crippen LogP contribution is 2.43. The molecule has 0 aromatic heterocycles. The van der Waals surface area contributed by atoms with Crippen LogP contribution in [0.15, 0.2) is 29.4 Å². The number of ketones is 1. The van der Waals surface area contributed by atoms with Crippen molar-refractivity contribution < 1.29 is 58.5 Å². The number of aliphatic hydroxyl groups excluding tert-OH is 3. The molecule has 4 rings (SSSR count). The van der Waals surface area contributed by atoms with Gasteiger partial charge in [0.1, 0.15) is 24.6 Å². The zero-order valence-electron chi connectivity index (χ0n) is 39.7. The SMILES string of the molecule is CC[C@H]1CC(=O)[C@H](C)[C@@H](O[C@H]2C[C@@](C)(OC)[C@@H](O)[C@H](C)O2)[C@H](C)[C@@H](O[C@@H]2O[C@H](C)C[C@H](N(C)C)[C@H]2O)[C@](C)(OC)C[C@@H](C)/C(=N\OCc2ccccc2C)[C@H](C)[C@@H](O)[C@]1(C)O. The molecule has 350 valence electrons. The Morgan fingerprint density at radius 2 is 1.52 bits per heavy atom. The lowest BCUT2D eigenvalue weighted by Crippen LogP contribution is -2.61. The number of carbonyl (C=O) groups excluding carboxylic acids is 1. The second kappa shape index (κ2) is 21.3. The largest absolute Gasteiger partial charge is 0.391 e. The van der Waals surface area contributed by atoms with Crippen molar-refractivity contribution in [2.75, 3.05) is 28.3 Å². The van der Waals surface area contributed by atoms with Crippen LogP contribution in [-0.2, 0) is 44.7 Å². The minimum absolute atomic E-state index is 0.0528. The molecule has 2 heterocycles. The van der Waals surface area contributed by atoms with Gasteiger partial charge in [-0.25, -0.2) is 0 Å². The fourth-order valence-corrected chi connectivity index (χ4v) is 10.1. The van der Waals surface area contributed by atoms with Crippen molar-refractivity contribution in [2.24, 2.45) is 34.7 Å². The molecule has 14 heteroatoms. The molecule has 1 saturated carbocycles. The molecule has 3 aliphatic rings. The summed E-state index contributed by atoms with van der Waals surface area (Å²) in [5.74, 6) is -3.34. The number of Topliss-reactive ketones (excluding diaryl/α,β-unsaturated/α-hetero) is 1. The number of hydrogen-bond donors (Lipinski definition) is 4. The van der Waals surface area contributed by atoms with Crippen molar-refractivity contribution in [3.8, 4) is 0 Å². The van der Waals surface area contributed by atoms with E-state index < -0.39 is 95.6 Å². The Morgan fingerprint density at radius 3 is 2.11 bits per heavy atom. The fourth-order valence-electron chi connectivity index (χ4n) is 10.1. The van der Waals surface area contributed by atoms with Gasteiger partial charge in [-0.15, -0.1) is 0 Å². The van der Waals surface area contributed by atoms with E-state index >= 15 is 0 Å². The molecule has 61 heavy (non-hydrogen) atoms. The molecular formula is C47H80N2O12. The first kappa shape index (κ1) is 51.6. The van der Waals surface area contributed by atoms with E-state index in [4.69, 9.17) is 38.4 Å². The normalized spacial score (nSPS) is 44.2. The topological polar surface area (TPSA) is 178 Å². The quantitative estimate of drug-likeness (QED) is 0.208. The van der Waals surface area contributed by atoms with Gasteiger partial charge in [-0.1, -0.05) is 70.5 Å². The summed E-state index contributed by atoms with van der Waals surface area (Å²) in [6.45, 7) is 20.7. The van der Waals surface area contributed by atoms with Gasteiger partial charge in [-0.2, -0.15) is 0 Å². The molecule has 0 bridgehead atoms. The van der Waals surface area contributed by atoms with Gasteiger partial charge in [0.2, 0.25) is 0 Å². The molecule has 1 aliphatic carbocycles. The smallest absolute Gasteiger partial charge is 0.185 e. The molecule has 14 nitrogen and oxygen atoms in total. The number of oxime groups is 1. The zero-order chi connectivity index (χ0) is 45.8. The van der Waals surface area contributed by atoms with Crippen LogP contribution in [0.25, 0.3) is 0 Å². The Hall–Kier alpha value is -2.08. The van der Waals surface area contributed by atoms with Crippen LogP contribution in [-0.4, -0.2) is 143 Å². The van der Waals surface area contributed by atoms with Gasteiger partial charge >= 0.3 is 0 Å². The molecule has 2 aliphatic heterocycles. The van der Waals surface area contributed by atoms with Crippen LogP contribution < -0.4 is 0 Å². The van der Waals surface area contributed by atoms with Crippen LogP contribution in [0.4, 0.5) is 0 Å². The number of likely N-dealkylation sites (N-methyl/N-ethyl adjacent to an activating group) is 1. The standard InChI is InChI=1S/C47H80N2O12/c1-16-34-22-36(50)29(5)40(60-37-24-45(9,55-14)42(53)32(8)59-37)31(7)43(61-44-39(51)35(49(12)13)21-28(4)58-44)46(10,56-15)23-27(3)38(30(6)41(52)47(34,11)54)48-57-25-33-20-18-17-19-26(33)2/h17-20,27-32,34-35,37,39-44,51-54H,16,21-25H2,1-15H3/b48-38+/t27-,28-,29+,30+,31+,32+,34+,35+,37+,39-,40-,41-,42+,43-,44+,45-,46-,47-/m1/s1. The predicted molar refractivity (Wildman–Crippen MR) is 233 cm³/mol. The first-order chi connectivity index (χ1) is 28.5. The molecule has 2 saturated heterocycles. The monoisotopic (exact) mass is 865 g/mol. The molecule has 0 unspecified atom stereocenters. The summed E-state index contributed by atoms with van der Waals surface area (Å²) in [6, 6.07) is 7.62. The molecule has 1 aromatic rings. The minimum atomic E-state index is -1.70. The molecule has 3 fully saturated rings. The minimum Gasteiger partial charge on any atom is -0.391 e. The van der Waals surface area contributed by atoms with Crippen molar-refractivity contribution in [3.63, 3.8) is 0 Å². The van der Waals surface area contributed by atoms with E-state index in [9.17, 15) is 25.2 Å². The average Bonchev–Trinajstić information content (AvgIpc) is 3.21. The van der Waals surface area contributed by atoms with E-state index in [1.54, 1.807) is 28.1 Å². The van der Waals surface area contributed by atoms with E-state index in [2.05, 4.69) is 0 Å². The maximum atomic E-state index is 14.7. The highest BCUT2D eigenvalue weighted by molar-refractivity contribution is 5.89. The molecule has 0 amide bonds. The number of rotatable bonds is 11. The van der Waals surface area contributed by atoms with Crippen molar-refractivity contribution >= 4 is 11.5 Å². The lowest BCUT2D eigenvalue weighted by Gasteiger charge is -2.50. The number of benzene rings is 1. The second-order valence-corrected chi connectivity index (χ2v) is 19.4. The first-order valence-corrected chi connectivity index (χ1v) is 22.4. The van der Waals surface area contributed by atoms with E-state index in [0.29, 0.717) is 18.6 Å².